The fourth-order valence-electron chi connectivity index (χ4n) is 4.86. The van der Waals surface area contributed by atoms with Gasteiger partial charge in [-0.15, -0.1) is 11.3 Å². The average Bonchev–Trinajstić information content (AvgIpc) is 3.62. The molecule has 1 saturated carbocycles. The Bertz CT molecular complexity index is 1420. The molecule has 2 aliphatic carbocycles. The van der Waals surface area contributed by atoms with Gasteiger partial charge in [-0.1, -0.05) is 54.2 Å². The molecule has 2 heterocycles. The highest BCUT2D eigenvalue weighted by atomic mass is 32.2. The van der Waals surface area contributed by atoms with Gasteiger partial charge in [0.2, 0.25) is 5.91 Å². The van der Waals surface area contributed by atoms with Gasteiger partial charge < -0.3 is 5.32 Å². The molecular formula is C27H25N3O2S2. The van der Waals surface area contributed by atoms with Crippen LogP contribution in [0.15, 0.2) is 69.9 Å². The van der Waals surface area contributed by atoms with Gasteiger partial charge >= 0.3 is 0 Å². The van der Waals surface area contributed by atoms with Crippen LogP contribution in [0.2, 0.25) is 0 Å². The molecule has 0 saturated heterocycles. The van der Waals surface area contributed by atoms with Crippen molar-refractivity contribution in [3.63, 3.8) is 0 Å². The van der Waals surface area contributed by atoms with Crippen molar-refractivity contribution >= 4 is 39.2 Å². The lowest BCUT2D eigenvalue weighted by molar-refractivity contribution is -0.119. The minimum absolute atomic E-state index is 0.0366. The van der Waals surface area contributed by atoms with E-state index >= 15 is 0 Å². The van der Waals surface area contributed by atoms with Crippen molar-refractivity contribution in [1.29, 1.82) is 0 Å². The van der Waals surface area contributed by atoms with Crippen LogP contribution in [0.3, 0.4) is 0 Å². The van der Waals surface area contributed by atoms with Crippen molar-refractivity contribution in [3.05, 3.63) is 87.0 Å². The number of nitrogens with one attached hydrogen (secondary N) is 1. The number of para-hydroxylation sites is 1. The van der Waals surface area contributed by atoms with Crippen LogP contribution in [0.1, 0.15) is 54.3 Å². The first-order valence-electron chi connectivity index (χ1n) is 11.8. The average molecular weight is 488 g/mol. The third-order valence-corrected chi connectivity index (χ3v) is 8.50. The second-order valence-electron chi connectivity index (χ2n) is 9.02. The summed E-state index contributed by atoms with van der Waals surface area (Å²) in [6, 6.07) is 18.0. The van der Waals surface area contributed by atoms with E-state index in [1.165, 1.54) is 34.2 Å². The summed E-state index contributed by atoms with van der Waals surface area (Å²) < 4.78 is 1.68. The molecule has 7 heteroatoms. The van der Waals surface area contributed by atoms with E-state index in [1.54, 1.807) is 4.57 Å². The Morgan fingerprint density at radius 2 is 1.85 bits per heavy atom. The smallest absolute Gasteiger partial charge is 0.267 e. The maximum absolute atomic E-state index is 13.7. The topological polar surface area (TPSA) is 64.0 Å². The molecule has 172 valence electrons. The summed E-state index contributed by atoms with van der Waals surface area (Å²) >= 11 is 2.86. The monoisotopic (exact) mass is 487 g/mol. The molecule has 0 aliphatic heterocycles. The third-order valence-electron chi connectivity index (χ3n) is 6.67. The van der Waals surface area contributed by atoms with E-state index in [2.05, 4.69) is 28.9 Å². The number of amides is 1. The number of nitrogens with zero attached hydrogens (tertiary/aromatic N) is 2. The van der Waals surface area contributed by atoms with E-state index in [1.807, 2.05) is 36.4 Å². The van der Waals surface area contributed by atoms with Crippen molar-refractivity contribution in [2.24, 2.45) is 0 Å². The molecule has 2 aromatic heterocycles. The Morgan fingerprint density at radius 1 is 1.06 bits per heavy atom. The summed E-state index contributed by atoms with van der Waals surface area (Å²) in [5.41, 5.74) is 4.41. The van der Waals surface area contributed by atoms with Crippen LogP contribution in [0, 0.1) is 0 Å². The predicted octanol–water partition coefficient (Wildman–Crippen LogP) is 5.61. The van der Waals surface area contributed by atoms with Crippen LogP contribution < -0.4 is 10.9 Å². The zero-order valence-electron chi connectivity index (χ0n) is 18.7. The molecule has 0 radical (unpaired) electrons. The van der Waals surface area contributed by atoms with Crippen LogP contribution in [0.25, 0.3) is 15.9 Å². The largest absolute Gasteiger partial charge is 0.349 e. The van der Waals surface area contributed by atoms with Gasteiger partial charge in [-0.05, 0) is 72.2 Å². The number of rotatable bonds is 6. The Morgan fingerprint density at radius 3 is 2.68 bits per heavy atom. The maximum atomic E-state index is 13.7. The normalized spacial score (nSPS) is 17.5. The lowest BCUT2D eigenvalue weighted by Gasteiger charge is -2.26. The summed E-state index contributed by atoms with van der Waals surface area (Å²) in [5, 5.41) is 6.60. The minimum atomic E-state index is -0.0385. The minimum Gasteiger partial charge on any atom is -0.349 e. The number of carbonyl (C=O) groups is 1. The maximum Gasteiger partial charge on any atom is 0.267 e. The molecule has 2 aromatic carbocycles. The number of aromatic nitrogens is 2. The molecule has 0 bridgehead atoms. The molecule has 34 heavy (non-hydrogen) atoms. The standard InChI is InChI=1S/C27H25N3O2S2/c31-23(28-22-12-6-8-17-7-4-5-11-20(17)22)16-34-27-29-25-24(21(15-33-25)18-13-14-18)26(32)30(27)19-9-2-1-3-10-19/h1-5,7,9-11,15,18,22H,6,8,12-14,16H2,(H,28,31). The van der Waals surface area contributed by atoms with Gasteiger partial charge in [-0.25, -0.2) is 4.98 Å². The van der Waals surface area contributed by atoms with E-state index in [9.17, 15) is 9.59 Å². The summed E-state index contributed by atoms with van der Waals surface area (Å²) in [7, 11) is 0. The van der Waals surface area contributed by atoms with E-state index < -0.39 is 0 Å². The summed E-state index contributed by atoms with van der Waals surface area (Å²) in [6.07, 6.45) is 5.36. The molecule has 1 unspecified atom stereocenters. The second-order valence-corrected chi connectivity index (χ2v) is 10.8. The van der Waals surface area contributed by atoms with Crippen LogP contribution in [0.4, 0.5) is 0 Å². The van der Waals surface area contributed by atoms with Gasteiger partial charge in [0.25, 0.3) is 5.56 Å². The highest BCUT2D eigenvalue weighted by Crippen LogP contribution is 2.44. The lowest BCUT2D eigenvalue weighted by atomic mass is 9.88. The Kier molecular flexibility index (Phi) is 5.75. The highest BCUT2D eigenvalue weighted by molar-refractivity contribution is 7.99. The van der Waals surface area contributed by atoms with Crippen LogP contribution >= 0.6 is 23.1 Å². The van der Waals surface area contributed by atoms with E-state index in [4.69, 9.17) is 4.98 Å². The van der Waals surface area contributed by atoms with Crippen molar-refractivity contribution in [1.82, 2.24) is 14.9 Å². The quantitative estimate of drug-likeness (QED) is 0.284. The third kappa shape index (κ3) is 4.07. The van der Waals surface area contributed by atoms with Crippen molar-refractivity contribution in [2.75, 3.05) is 5.75 Å². The number of hydrogen-bond donors (Lipinski definition) is 1. The van der Waals surface area contributed by atoms with Gasteiger partial charge in [0.05, 0.1) is 22.9 Å². The molecule has 1 atom stereocenters. The molecule has 6 rings (SSSR count). The molecular weight excluding hydrogens is 462 g/mol. The van der Waals surface area contributed by atoms with Crippen LogP contribution in [-0.4, -0.2) is 21.2 Å². The molecule has 1 amide bonds. The van der Waals surface area contributed by atoms with Crippen molar-refractivity contribution in [3.8, 4) is 5.69 Å². The zero-order valence-corrected chi connectivity index (χ0v) is 20.3. The number of hydrogen-bond acceptors (Lipinski definition) is 5. The van der Waals surface area contributed by atoms with E-state index in [0.29, 0.717) is 11.1 Å². The Hall–Kier alpha value is -2.90. The molecule has 1 N–H and O–H groups in total. The Balaban J connectivity index is 1.29. The predicted molar refractivity (Wildman–Crippen MR) is 138 cm³/mol. The first-order valence-corrected chi connectivity index (χ1v) is 13.6. The molecule has 0 spiro atoms. The first kappa shape index (κ1) is 21.6. The second kappa shape index (κ2) is 9.04. The van der Waals surface area contributed by atoms with Crippen LogP contribution in [0.5, 0.6) is 0 Å². The van der Waals surface area contributed by atoms with Gasteiger partial charge in [0, 0.05) is 0 Å². The fourth-order valence-corrected chi connectivity index (χ4v) is 6.75. The van der Waals surface area contributed by atoms with Crippen molar-refractivity contribution in [2.45, 2.75) is 49.2 Å². The Labute approximate surface area is 206 Å². The number of benzene rings is 2. The van der Waals surface area contributed by atoms with Gasteiger partial charge in [0.15, 0.2) is 5.16 Å². The van der Waals surface area contributed by atoms with Crippen molar-refractivity contribution < 1.29 is 4.79 Å². The summed E-state index contributed by atoms with van der Waals surface area (Å²) in [5.74, 6) is 0.658. The van der Waals surface area contributed by atoms with E-state index in [-0.39, 0.29) is 23.3 Å². The van der Waals surface area contributed by atoms with E-state index in [0.717, 1.165) is 53.6 Å². The number of aryl methyl sites for hydroxylation is 1. The SMILES string of the molecule is O=C(CSc1nc2scc(C3CC3)c2c(=O)n1-c1ccccc1)NC1CCCc2ccccc21. The molecule has 2 aliphatic rings. The highest BCUT2D eigenvalue weighted by Gasteiger charge is 2.29. The van der Waals surface area contributed by atoms with Crippen LogP contribution in [-0.2, 0) is 11.2 Å². The molecule has 1 fully saturated rings. The van der Waals surface area contributed by atoms with Gasteiger partial charge in [0.1, 0.15) is 4.83 Å². The number of thiophene rings is 1. The number of thioether (sulfide) groups is 1. The summed E-state index contributed by atoms with van der Waals surface area (Å²) in [4.78, 5) is 32.3. The zero-order chi connectivity index (χ0) is 23.1. The molecule has 4 aromatic rings. The van der Waals surface area contributed by atoms with Gasteiger partial charge in [-0.2, -0.15) is 0 Å². The summed E-state index contributed by atoms with van der Waals surface area (Å²) in [6.45, 7) is 0. The number of carbonyl (C=O) groups excluding carboxylic acids is 1. The fraction of sp³-hybridized carbons (Fsp3) is 0.296. The molecule has 5 nitrogen and oxygen atoms in total. The lowest BCUT2D eigenvalue weighted by Crippen LogP contribution is -2.32. The number of fused-ring (bicyclic) bond motifs is 2. The first-order chi connectivity index (χ1) is 16.7. The van der Waals surface area contributed by atoms with Gasteiger partial charge in [-0.3, -0.25) is 14.2 Å².